The molecule has 7 nitrogen and oxygen atoms in total. The molecule has 2 aromatic carbocycles. The summed E-state index contributed by atoms with van der Waals surface area (Å²) in [6, 6.07) is 9.75. The van der Waals surface area contributed by atoms with Crippen molar-refractivity contribution in [2.24, 2.45) is 0 Å². The van der Waals surface area contributed by atoms with Gasteiger partial charge in [-0.15, -0.1) is 0 Å². The molecule has 2 rings (SSSR count). The van der Waals surface area contributed by atoms with Gasteiger partial charge in [0.25, 0.3) is 5.91 Å². The smallest absolute Gasteiger partial charge is 0.340 e. The van der Waals surface area contributed by atoms with E-state index in [0.29, 0.717) is 5.56 Å². The van der Waals surface area contributed by atoms with Crippen molar-refractivity contribution in [1.29, 1.82) is 0 Å². The van der Waals surface area contributed by atoms with Crippen LogP contribution < -0.4 is 10.0 Å². The molecule has 0 bridgehead atoms. The minimum absolute atomic E-state index is 0.0346. The molecule has 0 atom stereocenters. The van der Waals surface area contributed by atoms with Gasteiger partial charge in [-0.25, -0.2) is 17.6 Å². The first kappa shape index (κ1) is 19.4. The standard InChI is InChI=1S/C17H17FN2O5S/c1-11-7-8-12(18)9-15(11)19-16(21)10-25-17(22)13-5-3-4-6-14(13)20-26(2,23)24/h3-9,20H,10H2,1-2H3,(H,19,21). The second kappa shape index (κ2) is 7.96. The lowest BCUT2D eigenvalue weighted by Gasteiger charge is -2.11. The van der Waals surface area contributed by atoms with Crippen molar-refractivity contribution in [3.05, 3.63) is 59.4 Å². The number of halogens is 1. The number of anilines is 2. The third kappa shape index (κ3) is 5.55. The number of aryl methyl sites for hydroxylation is 1. The Bertz CT molecular complexity index is 944. The Kier molecular flexibility index (Phi) is 5.93. The van der Waals surface area contributed by atoms with Crippen LogP contribution in [0.15, 0.2) is 42.5 Å². The molecule has 0 aliphatic carbocycles. The Morgan fingerprint density at radius 1 is 1.12 bits per heavy atom. The zero-order valence-electron chi connectivity index (χ0n) is 14.1. The summed E-state index contributed by atoms with van der Waals surface area (Å²) in [5, 5.41) is 2.44. The highest BCUT2D eigenvalue weighted by Gasteiger charge is 2.16. The van der Waals surface area contributed by atoms with E-state index in [0.717, 1.165) is 12.3 Å². The van der Waals surface area contributed by atoms with Gasteiger partial charge in [0, 0.05) is 5.69 Å². The van der Waals surface area contributed by atoms with Crippen molar-refractivity contribution in [3.63, 3.8) is 0 Å². The molecule has 2 N–H and O–H groups in total. The van der Waals surface area contributed by atoms with E-state index >= 15 is 0 Å². The van der Waals surface area contributed by atoms with Crippen LogP contribution >= 0.6 is 0 Å². The summed E-state index contributed by atoms with van der Waals surface area (Å²) < 4.78 is 43.0. The van der Waals surface area contributed by atoms with Crippen molar-refractivity contribution >= 4 is 33.3 Å². The average Bonchev–Trinajstić information content (AvgIpc) is 2.55. The summed E-state index contributed by atoms with van der Waals surface area (Å²) in [5.74, 6) is -2.04. The van der Waals surface area contributed by atoms with Crippen molar-refractivity contribution in [3.8, 4) is 0 Å². The fraction of sp³-hybridized carbons (Fsp3) is 0.176. The molecule has 2 aromatic rings. The van der Waals surface area contributed by atoms with Crippen LogP contribution in [0.3, 0.4) is 0 Å². The lowest BCUT2D eigenvalue weighted by molar-refractivity contribution is -0.119. The largest absolute Gasteiger partial charge is 0.452 e. The Morgan fingerprint density at radius 2 is 1.81 bits per heavy atom. The van der Waals surface area contributed by atoms with E-state index in [1.54, 1.807) is 13.0 Å². The second-order valence-electron chi connectivity index (χ2n) is 5.50. The highest BCUT2D eigenvalue weighted by atomic mass is 32.2. The number of amides is 1. The molecular weight excluding hydrogens is 363 g/mol. The van der Waals surface area contributed by atoms with Gasteiger partial charge in [0.1, 0.15) is 5.82 Å². The number of hydrogen-bond acceptors (Lipinski definition) is 5. The molecule has 1 amide bonds. The van der Waals surface area contributed by atoms with E-state index in [2.05, 4.69) is 10.0 Å². The Labute approximate surface area is 150 Å². The zero-order valence-corrected chi connectivity index (χ0v) is 14.9. The first-order valence-electron chi connectivity index (χ1n) is 7.45. The molecule has 0 spiro atoms. The predicted octanol–water partition coefficient (Wildman–Crippen LogP) is 2.30. The molecule has 0 saturated heterocycles. The third-order valence-electron chi connectivity index (χ3n) is 3.25. The quantitative estimate of drug-likeness (QED) is 0.749. The number of nitrogens with one attached hydrogen (secondary N) is 2. The summed E-state index contributed by atoms with van der Waals surface area (Å²) in [6.45, 7) is 1.08. The fourth-order valence-electron chi connectivity index (χ4n) is 2.07. The number of ether oxygens (including phenoxy) is 1. The summed E-state index contributed by atoms with van der Waals surface area (Å²) >= 11 is 0. The molecule has 0 saturated carbocycles. The van der Waals surface area contributed by atoms with Gasteiger partial charge >= 0.3 is 5.97 Å². The molecule has 0 aliphatic rings. The summed E-state index contributed by atoms with van der Waals surface area (Å²) in [7, 11) is -3.59. The first-order chi connectivity index (χ1) is 12.2. The van der Waals surface area contributed by atoms with E-state index in [-0.39, 0.29) is 16.9 Å². The van der Waals surface area contributed by atoms with Crippen LogP contribution in [-0.2, 0) is 19.6 Å². The van der Waals surface area contributed by atoms with E-state index in [4.69, 9.17) is 4.74 Å². The van der Waals surface area contributed by atoms with Crippen molar-refractivity contribution in [1.82, 2.24) is 0 Å². The lowest BCUT2D eigenvalue weighted by Crippen LogP contribution is -2.22. The van der Waals surface area contributed by atoms with Gasteiger partial charge in [0.05, 0.1) is 17.5 Å². The monoisotopic (exact) mass is 380 g/mol. The fourth-order valence-corrected chi connectivity index (χ4v) is 2.65. The van der Waals surface area contributed by atoms with Crippen molar-refractivity contribution in [2.75, 3.05) is 22.9 Å². The molecule has 0 aromatic heterocycles. The van der Waals surface area contributed by atoms with E-state index in [1.165, 1.54) is 30.3 Å². The minimum atomic E-state index is -3.59. The van der Waals surface area contributed by atoms with Crippen molar-refractivity contribution < 1.29 is 27.1 Å². The molecule has 26 heavy (non-hydrogen) atoms. The van der Waals surface area contributed by atoms with Crippen LogP contribution in [0.5, 0.6) is 0 Å². The Hall–Kier alpha value is -2.94. The molecule has 138 valence electrons. The first-order valence-corrected chi connectivity index (χ1v) is 9.35. The van der Waals surface area contributed by atoms with Crippen LogP contribution in [0.25, 0.3) is 0 Å². The van der Waals surface area contributed by atoms with E-state index in [9.17, 15) is 22.4 Å². The number of hydrogen-bond donors (Lipinski definition) is 2. The summed E-state index contributed by atoms with van der Waals surface area (Å²) in [4.78, 5) is 24.0. The highest BCUT2D eigenvalue weighted by molar-refractivity contribution is 7.92. The van der Waals surface area contributed by atoms with Gasteiger partial charge in [-0.1, -0.05) is 18.2 Å². The SMILES string of the molecule is Cc1ccc(F)cc1NC(=O)COC(=O)c1ccccc1NS(C)(=O)=O. The number of carbonyl (C=O) groups is 2. The number of carbonyl (C=O) groups excluding carboxylic acids is 2. The maximum Gasteiger partial charge on any atom is 0.340 e. The second-order valence-corrected chi connectivity index (χ2v) is 7.25. The maximum absolute atomic E-state index is 13.2. The molecule has 0 heterocycles. The number of rotatable bonds is 6. The van der Waals surface area contributed by atoms with Crippen LogP contribution in [0.4, 0.5) is 15.8 Å². The molecule has 0 radical (unpaired) electrons. The Morgan fingerprint density at radius 3 is 2.50 bits per heavy atom. The van der Waals surface area contributed by atoms with Gasteiger partial charge in [-0.2, -0.15) is 0 Å². The van der Waals surface area contributed by atoms with Gasteiger partial charge in [-0.3, -0.25) is 9.52 Å². The minimum Gasteiger partial charge on any atom is -0.452 e. The van der Waals surface area contributed by atoms with Crippen LogP contribution in [-0.4, -0.2) is 33.2 Å². The topological polar surface area (TPSA) is 102 Å². The van der Waals surface area contributed by atoms with Crippen LogP contribution in [0, 0.1) is 12.7 Å². The number of esters is 1. The van der Waals surface area contributed by atoms with Gasteiger partial charge < -0.3 is 10.1 Å². The molecule has 9 heteroatoms. The van der Waals surface area contributed by atoms with Gasteiger partial charge in [-0.05, 0) is 36.8 Å². The van der Waals surface area contributed by atoms with Crippen LogP contribution in [0.1, 0.15) is 15.9 Å². The molecule has 0 fully saturated rings. The highest BCUT2D eigenvalue weighted by Crippen LogP contribution is 2.18. The zero-order chi connectivity index (χ0) is 19.3. The number of sulfonamides is 1. The lowest BCUT2D eigenvalue weighted by atomic mass is 10.2. The molecule has 0 aliphatic heterocycles. The van der Waals surface area contributed by atoms with Gasteiger partial charge in [0.2, 0.25) is 10.0 Å². The summed E-state index contributed by atoms with van der Waals surface area (Å²) in [5.41, 5.74) is 0.924. The average molecular weight is 380 g/mol. The van der Waals surface area contributed by atoms with Crippen molar-refractivity contribution in [2.45, 2.75) is 6.92 Å². The van der Waals surface area contributed by atoms with Gasteiger partial charge in [0.15, 0.2) is 6.61 Å². The maximum atomic E-state index is 13.2. The molecular formula is C17H17FN2O5S. The van der Waals surface area contributed by atoms with Crippen LogP contribution in [0.2, 0.25) is 0 Å². The third-order valence-corrected chi connectivity index (χ3v) is 3.84. The normalized spacial score (nSPS) is 10.9. The Balaban J connectivity index is 2.03. The summed E-state index contributed by atoms with van der Waals surface area (Å²) in [6.07, 6.45) is 0.948. The number of benzene rings is 2. The number of para-hydroxylation sites is 1. The predicted molar refractivity (Wildman–Crippen MR) is 95.0 cm³/mol. The van der Waals surface area contributed by atoms with E-state index in [1.807, 2.05) is 0 Å². The molecule has 0 unspecified atom stereocenters. The van der Waals surface area contributed by atoms with E-state index < -0.39 is 34.3 Å².